The van der Waals surface area contributed by atoms with E-state index in [1.807, 2.05) is 13.8 Å². The van der Waals surface area contributed by atoms with Gasteiger partial charge in [-0.15, -0.1) is 0 Å². The molecule has 17 heavy (non-hydrogen) atoms. The van der Waals surface area contributed by atoms with Crippen LogP contribution in [0.1, 0.15) is 38.4 Å². The van der Waals surface area contributed by atoms with Gasteiger partial charge >= 0.3 is 6.61 Å². The molecule has 1 N–H and O–H groups in total. The molecule has 96 valence electrons. The topological polar surface area (TPSA) is 29.5 Å². The van der Waals surface area contributed by atoms with Crippen LogP contribution in [0.2, 0.25) is 0 Å². The van der Waals surface area contributed by atoms with Gasteiger partial charge < -0.3 is 9.84 Å². The van der Waals surface area contributed by atoms with Crippen LogP contribution in [-0.2, 0) is 0 Å². The molecule has 1 unspecified atom stereocenters. The quantitative estimate of drug-likeness (QED) is 0.825. The number of aliphatic hydroxyl groups excluding tert-OH is 1. The molecule has 0 aliphatic carbocycles. The summed E-state index contributed by atoms with van der Waals surface area (Å²) in [6.07, 6.45) is 1.21. The molecule has 1 aromatic rings. The lowest BCUT2D eigenvalue weighted by Gasteiger charge is -2.20. The molecule has 1 rings (SSSR count). The summed E-state index contributed by atoms with van der Waals surface area (Å²) in [6.45, 7) is 1.22. The van der Waals surface area contributed by atoms with Crippen molar-refractivity contribution in [1.29, 1.82) is 0 Å². The fourth-order valence-electron chi connectivity index (χ4n) is 1.85. The van der Waals surface area contributed by atoms with E-state index in [2.05, 4.69) is 4.74 Å². The van der Waals surface area contributed by atoms with E-state index in [4.69, 9.17) is 0 Å². The first-order valence-electron chi connectivity index (χ1n) is 5.81. The van der Waals surface area contributed by atoms with E-state index in [0.717, 1.165) is 18.4 Å². The molecule has 0 aliphatic rings. The molecule has 1 atom stereocenters. The van der Waals surface area contributed by atoms with E-state index in [-0.39, 0.29) is 11.7 Å². The number of ether oxygens (including phenoxy) is 1. The number of alkyl halides is 2. The highest BCUT2D eigenvalue weighted by atomic mass is 19.3. The first kappa shape index (κ1) is 13.9. The minimum absolute atomic E-state index is 0.112. The second-order valence-corrected chi connectivity index (χ2v) is 3.97. The Morgan fingerprint density at radius 1 is 1.12 bits per heavy atom. The second-order valence-electron chi connectivity index (χ2n) is 3.97. The highest BCUT2D eigenvalue weighted by molar-refractivity contribution is 5.28. The fraction of sp³-hybridized carbons (Fsp3) is 0.538. The predicted molar refractivity (Wildman–Crippen MR) is 62.1 cm³/mol. The molecule has 0 heterocycles. The van der Waals surface area contributed by atoms with Crippen LogP contribution in [-0.4, -0.2) is 11.7 Å². The van der Waals surface area contributed by atoms with Crippen LogP contribution in [0.3, 0.4) is 0 Å². The van der Waals surface area contributed by atoms with Crippen LogP contribution in [0.25, 0.3) is 0 Å². The van der Waals surface area contributed by atoms with Gasteiger partial charge in [0.15, 0.2) is 0 Å². The van der Waals surface area contributed by atoms with Crippen LogP contribution >= 0.6 is 0 Å². The molecule has 0 bridgehead atoms. The maximum atomic E-state index is 11.9. The molecule has 0 aromatic heterocycles. The van der Waals surface area contributed by atoms with Gasteiger partial charge in [0, 0.05) is 0 Å². The Morgan fingerprint density at radius 3 is 2.06 bits per heavy atom. The van der Waals surface area contributed by atoms with Gasteiger partial charge in [-0.3, -0.25) is 0 Å². The van der Waals surface area contributed by atoms with E-state index in [1.54, 1.807) is 12.1 Å². The third-order valence-electron chi connectivity index (χ3n) is 2.94. The summed E-state index contributed by atoms with van der Waals surface area (Å²) < 4.78 is 28.1. The lowest BCUT2D eigenvalue weighted by atomic mass is 9.91. The van der Waals surface area contributed by atoms with Gasteiger partial charge in [0.1, 0.15) is 5.75 Å². The lowest BCUT2D eigenvalue weighted by molar-refractivity contribution is -0.0498. The summed E-state index contributed by atoms with van der Waals surface area (Å²) in [5.41, 5.74) is 0.736. The van der Waals surface area contributed by atoms with Crippen molar-refractivity contribution in [2.24, 2.45) is 5.92 Å². The van der Waals surface area contributed by atoms with Crippen molar-refractivity contribution in [3.05, 3.63) is 29.8 Å². The summed E-state index contributed by atoms with van der Waals surface area (Å²) in [5, 5.41) is 10.1. The van der Waals surface area contributed by atoms with Gasteiger partial charge in [-0.25, -0.2) is 0 Å². The molecule has 0 fully saturated rings. The first-order chi connectivity index (χ1) is 8.08. The summed E-state index contributed by atoms with van der Waals surface area (Å²) in [5.74, 6) is 0.303. The van der Waals surface area contributed by atoms with Crippen molar-refractivity contribution >= 4 is 0 Å². The SMILES string of the molecule is CCC(CC)C(O)c1ccc(OC(F)F)cc1. The Kier molecular flexibility index (Phi) is 5.35. The molecule has 0 saturated carbocycles. The maximum absolute atomic E-state index is 11.9. The maximum Gasteiger partial charge on any atom is 0.387 e. The summed E-state index contributed by atoms with van der Waals surface area (Å²) >= 11 is 0. The van der Waals surface area contributed by atoms with E-state index < -0.39 is 12.7 Å². The largest absolute Gasteiger partial charge is 0.435 e. The molecule has 0 saturated heterocycles. The fourth-order valence-corrected chi connectivity index (χ4v) is 1.85. The summed E-state index contributed by atoms with van der Waals surface area (Å²) in [4.78, 5) is 0. The molecule has 2 nitrogen and oxygen atoms in total. The predicted octanol–water partition coefficient (Wildman–Crippen LogP) is 3.76. The third-order valence-corrected chi connectivity index (χ3v) is 2.94. The van der Waals surface area contributed by atoms with Crippen LogP contribution in [0, 0.1) is 5.92 Å². The van der Waals surface area contributed by atoms with Crippen molar-refractivity contribution < 1.29 is 18.6 Å². The standard InChI is InChI=1S/C13H18F2O2/c1-3-9(4-2)12(16)10-5-7-11(8-6-10)17-13(14)15/h5-9,12-13,16H,3-4H2,1-2H3. The lowest BCUT2D eigenvalue weighted by Crippen LogP contribution is -2.11. The van der Waals surface area contributed by atoms with Gasteiger partial charge in [0.25, 0.3) is 0 Å². The minimum Gasteiger partial charge on any atom is -0.435 e. The molecule has 4 heteroatoms. The molecular weight excluding hydrogens is 226 g/mol. The molecule has 0 radical (unpaired) electrons. The zero-order valence-electron chi connectivity index (χ0n) is 10.1. The summed E-state index contributed by atoms with van der Waals surface area (Å²) in [7, 11) is 0. The van der Waals surface area contributed by atoms with Gasteiger partial charge in [0.2, 0.25) is 0 Å². The highest BCUT2D eigenvalue weighted by Crippen LogP contribution is 2.28. The molecular formula is C13H18F2O2. The zero-order valence-corrected chi connectivity index (χ0v) is 10.1. The monoisotopic (exact) mass is 244 g/mol. The molecule has 0 amide bonds. The number of rotatable bonds is 6. The molecule has 1 aromatic carbocycles. The average molecular weight is 244 g/mol. The Balaban J connectivity index is 2.72. The van der Waals surface area contributed by atoms with Crippen LogP contribution in [0.5, 0.6) is 5.75 Å². The number of halogens is 2. The smallest absolute Gasteiger partial charge is 0.387 e. The van der Waals surface area contributed by atoms with Crippen molar-refractivity contribution in [2.75, 3.05) is 0 Å². The van der Waals surface area contributed by atoms with Crippen LogP contribution in [0.4, 0.5) is 8.78 Å². The van der Waals surface area contributed by atoms with Crippen LogP contribution < -0.4 is 4.74 Å². The Hall–Kier alpha value is -1.16. The van der Waals surface area contributed by atoms with Gasteiger partial charge in [0.05, 0.1) is 6.10 Å². The van der Waals surface area contributed by atoms with E-state index in [0.29, 0.717) is 0 Å². The van der Waals surface area contributed by atoms with Gasteiger partial charge in [-0.1, -0.05) is 38.8 Å². The van der Waals surface area contributed by atoms with Gasteiger partial charge in [-0.2, -0.15) is 8.78 Å². The Morgan fingerprint density at radius 2 is 1.65 bits per heavy atom. The van der Waals surface area contributed by atoms with Gasteiger partial charge in [-0.05, 0) is 23.6 Å². The van der Waals surface area contributed by atoms with Crippen molar-refractivity contribution in [3.63, 3.8) is 0 Å². The first-order valence-corrected chi connectivity index (χ1v) is 5.81. The Labute approximate surface area is 100 Å². The Bertz CT molecular complexity index is 321. The zero-order chi connectivity index (χ0) is 12.8. The average Bonchev–Trinajstić information content (AvgIpc) is 2.30. The number of aliphatic hydroxyl groups is 1. The van der Waals surface area contributed by atoms with E-state index in [9.17, 15) is 13.9 Å². The number of hydrogen-bond acceptors (Lipinski definition) is 2. The third kappa shape index (κ3) is 3.97. The molecule has 0 aliphatic heterocycles. The minimum atomic E-state index is -2.81. The molecule has 0 spiro atoms. The normalized spacial score (nSPS) is 13.1. The van der Waals surface area contributed by atoms with Crippen molar-refractivity contribution in [3.8, 4) is 5.75 Å². The van der Waals surface area contributed by atoms with Crippen molar-refractivity contribution in [1.82, 2.24) is 0 Å². The van der Waals surface area contributed by atoms with Crippen molar-refractivity contribution in [2.45, 2.75) is 39.4 Å². The van der Waals surface area contributed by atoms with E-state index >= 15 is 0 Å². The van der Waals surface area contributed by atoms with E-state index in [1.165, 1.54) is 12.1 Å². The second kappa shape index (κ2) is 6.55. The number of hydrogen-bond donors (Lipinski definition) is 1. The van der Waals surface area contributed by atoms with Crippen LogP contribution in [0.15, 0.2) is 24.3 Å². The highest BCUT2D eigenvalue weighted by Gasteiger charge is 2.17. The summed E-state index contributed by atoms with van der Waals surface area (Å²) in [6, 6.07) is 6.15. The number of benzene rings is 1.